The molecule has 1 aliphatic heterocycles. The van der Waals surface area contributed by atoms with Crippen LogP contribution in [-0.2, 0) is 9.59 Å². The van der Waals surface area contributed by atoms with E-state index in [-0.39, 0.29) is 11.8 Å². The van der Waals surface area contributed by atoms with E-state index in [2.05, 4.69) is 0 Å². The molecule has 0 aliphatic carbocycles. The number of aliphatic carboxylic acids is 1. The fraction of sp³-hybridized carbons (Fsp3) is 0.500. The molecule has 0 aromatic heterocycles. The predicted molar refractivity (Wildman–Crippen MR) is 78.4 cm³/mol. The highest BCUT2D eigenvalue weighted by atomic mass is 16.5. The van der Waals surface area contributed by atoms with Crippen molar-refractivity contribution < 1.29 is 19.4 Å². The lowest BCUT2D eigenvalue weighted by molar-refractivity contribution is -0.148. The molecule has 1 saturated heterocycles. The number of likely N-dealkylation sites (tertiary alicyclic amines) is 1. The molecule has 2 atom stereocenters. The van der Waals surface area contributed by atoms with Crippen molar-refractivity contribution >= 4 is 11.9 Å². The van der Waals surface area contributed by atoms with Crippen molar-refractivity contribution in [3.05, 3.63) is 29.8 Å². The molecule has 1 aliphatic rings. The maximum Gasteiger partial charge on any atom is 0.326 e. The van der Waals surface area contributed by atoms with Crippen LogP contribution in [0.2, 0.25) is 0 Å². The maximum atomic E-state index is 12.3. The monoisotopic (exact) mass is 291 g/mol. The molecule has 1 aromatic rings. The first-order valence-electron chi connectivity index (χ1n) is 7.19. The molecular weight excluding hydrogens is 270 g/mol. The summed E-state index contributed by atoms with van der Waals surface area (Å²) in [5.41, 5.74) is 1.02. The molecule has 0 radical (unpaired) electrons. The van der Waals surface area contributed by atoms with Crippen LogP contribution in [0, 0.1) is 0 Å². The van der Waals surface area contributed by atoms with Crippen molar-refractivity contribution in [2.45, 2.75) is 38.1 Å². The summed E-state index contributed by atoms with van der Waals surface area (Å²) in [5.74, 6) is -0.205. The molecule has 1 heterocycles. The van der Waals surface area contributed by atoms with Gasteiger partial charge in [-0.2, -0.15) is 0 Å². The standard InChI is InChI=1S/C16H21NO4/c1-11(12-5-3-6-13(10-12)21-2)9-15(18)17-8-4-7-14(17)16(19)20/h3,5-6,10-11,14H,4,7-9H2,1-2H3,(H,19,20)/t11-,14-/m0/s1. The minimum absolute atomic E-state index is 0.0302. The Balaban J connectivity index is 2.03. The van der Waals surface area contributed by atoms with Gasteiger partial charge in [-0.25, -0.2) is 4.79 Å². The highest BCUT2D eigenvalue weighted by molar-refractivity contribution is 5.84. The number of carboxylic acids is 1. The number of hydrogen-bond acceptors (Lipinski definition) is 3. The average molecular weight is 291 g/mol. The normalized spacial score (nSPS) is 19.3. The summed E-state index contributed by atoms with van der Waals surface area (Å²) >= 11 is 0. The second kappa shape index (κ2) is 6.61. The Kier molecular flexibility index (Phi) is 4.83. The van der Waals surface area contributed by atoms with E-state index < -0.39 is 12.0 Å². The molecule has 114 valence electrons. The topological polar surface area (TPSA) is 66.8 Å². The average Bonchev–Trinajstić information content (AvgIpc) is 2.97. The Hall–Kier alpha value is -2.04. The molecule has 21 heavy (non-hydrogen) atoms. The third kappa shape index (κ3) is 3.54. The van der Waals surface area contributed by atoms with Gasteiger partial charge in [0.25, 0.3) is 0 Å². The lowest BCUT2D eigenvalue weighted by Crippen LogP contribution is -2.40. The zero-order valence-corrected chi connectivity index (χ0v) is 12.4. The third-order valence-corrected chi connectivity index (χ3v) is 4.00. The number of rotatable bonds is 5. The number of hydrogen-bond donors (Lipinski definition) is 1. The fourth-order valence-corrected chi connectivity index (χ4v) is 2.77. The Morgan fingerprint density at radius 2 is 2.24 bits per heavy atom. The van der Waals surface area contributed by atoms with Crippen LogP contribution in [0.15, 0.2) is 24.3 Å². The minimum atomic E-state index is -0.908. The summed E-state index contributed by atoms with van der Waals surface area (Å²) in [7, 11) is 1.61. The molecule has 0 bridgehead atoms. The Labute approximate surface area is 124 Å². The smallest absolute Gasteiger partial charge is 0.326 e. The van der Waals surface area contributed by atoms with Crippen molar-refractivity contribution in [1.29, 1.82) is 0 Å². The van der Waals surface area contributed by atoms with E-state index in [4.69, 9.17) is 9.84 Å². The van der Waals surface area contributed by atoms with E-state index in [0.29, 0.717) is 19.4 Å². The number of carbonyl (C=O) groups excluding carboxylic acids is 1. The Morgan fingerprint density at radius 3 is 2.90 bits per heavy atom. The van der Waals surface area contributed by atoms with Crippen LogP contribution < -0.4 is 4.74 Å². The van der Waals surface area contributed by atoms with Gasteiger partial charge in [0.2, 0.25) is 5.91 Å². The van der Waals surface area contributed by atoms with Gasteiger partial charge in [-0.15, -0.1) is 0 Å². The highest BCUT2D eigenvalue weighted by Crippen LogP contribution is 2.26. The summed E-state index contributed by atoms with van der Waals surface area (Å²) in [6.07, 6.45) is 1.63. The Morgan fingerprint density at radius 1 is 1.48 bits per heavy atom. The molecule has 1 fully saturated rings. The van der Waals surface area contributed by atoms with E-state index in [0.717, 1.165) is 17.7 Å². The van der Waals surface area contributed by atoms with Gasteiger partial charge >= 0.3 is 5.97 Å². The summed E-state index contributed by atoms with van der Waals surface area (Å²) < 4.78 is 5.19. The minimum Gasteiger partial charge on any atom is -0.497 e. The van der Waals surface area contributed by atoms with Gasteiger partial charge in [0.05, 0.1) is 7.11 Å². The van der Waals surface area contributed by atoms with E-state index >= 15 is 0 Å². The van der Waals surface area contributed by atoms with E-state index in [1.54, 1.807) is 7.11 Å². The molecule has 1 N–H and O–H groups in total. The number of benzene rings is 1. The van der Waals surface area contributed by atoms with Gasteiger partial charge in [-0.1, -0.05) is 19.1 Å². The first-order chi connectivity index (χ1) is 10.0. The van der Waals surface area contributed by atoms with Gasteiger partial charge < -0.3 is 14.7 Å². The molecular formula is C16H21NO4. The molecule has 0 unspecified atom stereocenters. The zero-order valence-electron chi connectivity index (χ0n) is 12.4. The van der Waals surface area contributed by atoms with Crippen LogP contribution in [0.5, 0.6) is 5.75 Å². The maximum absolute atomic E-state index is 12.3. The predicted octanol–water partition coefficient (Wildman–Crippen LogP) is 2.26. The van der Waals surface area contributed by atoms with Gasteiger partial charge in [0, 0.05) is 13.0 Å². The third-order valence-electron chi connectivity index (χ3n) is 4.00. The number of methoxy groups -OCH3 is 1. The van der Waals surface area contributed by atoms with Crippen LogP contribution in [0.4, 0.5) is 0 Å². The first-order valence-corrected chi connectivity index (χ1v) is 7.19. The van der Waals surface area contributed by atoms with Crippen molar-refractivity contribution in [3.8, 4) is 5.75 Å². The lowest BCUT2D eigenvalue weighted by atomic mass is 9.97. The van der Waals surface area contributed by atoms with Crippen LogP contribution >= 0.6 is 0 Å². The quantitative estimate of drug-likeness (QED) is 0.903. The zero-order chi connectivity index (χ0) is 15.4. The first kappa shape index (κ1) is 15.4. The molecule has 0 spiro atoms. The number of carbonyl (C=O) groups is 2. The summed E-state index contributed by atoms with van der Waals surface area (Å²) in [6, 6.07) is 6.97. The summed E-state index contributed by atoms with van der Waals surface area (Å²) in [4.78, 5) is 25.0. The largest absolute Gasteiger partial charge is 0.497 e. The molecule has 1 aromatic carbocycles. The van der Waals surface area contributed by atoms with Crippen LogP contribution in [0.1, 0.15) is 37.7 Å². The highest BCUT2D eigenvalue weighted by Gasteiger charge is 2.34. The summed E-state index contributed by atoms with van der Waals surface area (Å²) in [5, 5.41) is 9.14. The van der Waals surface area contributed by atoms with Crippen molar-refractivity contribution in [2.24, 2.45) is 0 Å². The molecule has 1 amide bonds. The van der Waals surface area contributed by atoms with Crippen LogP contribution in [-0.4, -0.2) is 41.6 Å². The number of nitrogens with zero attached hydrogens (tertiary/aromatic N) is 1. The molecule has 5 heteroatoms. The second-order valence-electron chi connectivity index (χ2n) is 5.47. The molecule has 0 saturated carbocycles. The van der Waals surface area contributed by atoms with Gasteiger partial charge in [-0.3, -0.25) is 4.79 Å². The van der Waals surface area contributed by atoms with E-state index in [9.17, 15) is 9.59 Å². The molecule has 5 nitrogen and oxygen atoms in total. The van der Waals surface area contributed by atoms with Crippen molar-refractivity contribution in [2.75, 3.05) is 13.7 Å². The fourth-order valence-electron chi connectivity index (χ4n) is 2.77. The van der Waals surface area contributed by atoms with E-state index in [1.165, 1.54) is 4.90 Å². The number of carboxylic acid groups (broad SMARTS) is 1. The van der Waals surface area contributed by atoms with Gasteiger partial charge in [0.15, 0.2) is 0 Å². The van der Waals surface area contributed by atoms with Crippen molar-refractivity contribution in [1.82, 2.24) is 4.90 Å². The van der Waals surface area contributed by atoms with Crippen LogP contribution in [0.3, 0.4) is 0 Å². The lowest BCUT2D eigenvalue weighted by Gasteiger charge is -2.23. The number of ether oxygens (including phenoxy) is 1. The summed E-state index contributed by atoms with van der Waals surface area (Å²) in [6.45, 7) is 2.51. The Bertz CT molecular complexity index is 529. The SMILES string of the molecule is COc1cccc([C@@H](C)CC(=O)N2CCC[C@H]2C(=O)O)c1. The molecule has 2 rings (SSSR count). The number of amides is 1. The van der Waals surface area contributed by atoms with Crippen molar-refractivity contribution in [3.63, 3.8) is 0 Å². The van der Waals surface area contributed by atoms with E-state index in [1.807, 2.05) is 31.2 Å². The van der Waals surface area contributed by atoms with Gasteiger partial charge in [0.1, 0.15) is 11.8 Å². The second-order valence-corrected chi connectivity index (χ2v) is 5.47. The van der Waals surface area contributed by atoms with Gasteiger partial charge in [-0.05, 0) is 36.5 Å². The van der Waals surface area contributed by atoms with Crippen LogP contribution in [0.25, 0.3) is 0 Å².